The van der Waals surface area contributed by atoms with Crippen LogP contribution in [0.2, 0.25) is 5.02 Å². The first-order valence-electron chi connectivity index (χ1n) is 11.6. The molecule has 39 heavy (non-hydrogen) atoms. The second-order valence-electron chi connectivity index (χ2n) is 8.56. The lowest BCUT2D eigenvalue weighted by Crippen LogP contribution is -2.14. The van der Waals surface area contributed by atoms with Gasteiger partial charge in [0.15, 0.2) is 11.5 Å². The van der Waals surface area contributed by atoms with Crippen molar-refractivity contribution in [2.24, 2.45) is 0 Å². The standard InChI is InChI=1S/C27H17ClF2N8O/c1-15-25(34-36-38(15)23-9-2-5-16-6-4-12-31-26(16)23)27(39)32-17-10-11-20(29)18(13-17)21-14-37(35-33-21)22-8-3-7-19(28)24(22)30/h2-14H,1H3,(H,32,39). The highest BCUT2D eigenvalue weighted by Gasteiger charge is 2.20. The summed E-state index contributed by atoms with van der Waals surface area (Å²) in [5.74, 6) is -1.81. The smallest absolute Gasteiger partial charge is 0.278 e. The maximum atomic E-state index is 14.7. The van der Waals surface area contributed by atoms with Gasteiger partial charge in [-0.05, 0) is 49.4 Å². The molecule has 0 atom stereocenters. The number of anilines is 1. The van der Waals surface area contributed by atoms with Gasteiger partial charge in [-0.2, -0.15) is 0 Å². The fraction of sp³-hybridized carbons (Fsp3) is 0.0370. The molecule has 3 aromatic heterocycles. The van der Waals surface area contributed by atoms with Crippen molar-refractivity contribution in [1.29, 1.82) is 0 Å². The number of halogens is 3. The van der Waals surface area contributed by atoms with Crippen LogP contribution in [0.5, 0.6) is 0 Å². The number of carbonyl (C=O) groups is 1. The molecule has 0 bridgehead atoms. The predicted molar refractivity (Wildman–Crippen MR) is 141 cm³/mol. The molecule has 1 amide bonds. The Morgan fingerprint density at radius 2 is 1.74 bits per heavy atom. The molecule has 3 heterocycles. The molecule has 6 aromatic rings. The Bertz CT molecular complexity index is 1880. The van der Waals surface area contributed by atoms with Crippen LogP contribution < -0.4 is 5.32 Å². The van der Waals surface area contributed by atoms with Gasteiger partial charge >= 0.3 is 0 Å². The summed E-state index contributed by atoms with van der Waals surface area (Å²) in [5, 5.41) is 19.7. The van der Waals surface area contributed by atoms with E-state index in [0.717, 1.165) is 10.1 Å². The minimum absolute atomic E-state index is 0.0590. The summed E-state index contributed by atoms with van der Waals surface area (Å²) < 4.78 is 31.9. The van der Waals surface area contributed by atoms with Gasteiger partial charge < -0.3 is 5.32 Å². The molecule has 3 aromatic carbocycles. The summed E-state index contributed by atoms with van der Waals surface area (Å²) in [6, 6.07) is 17.9. The van der Waals surface area contributed by atoms with Gasteiger partial charge in [-0.25, -0.2) is 18.1 Å². The van der Waals surface area contributed by atoms with Gasteiger partial charge in [-0.3, -0.25) is 9.78 Å². The third-order valence-electron chi connectivity index (χ3n) is 6.12. The molecule has 1 N–H and O–H groups in total. The molecule has 9 nitrogen and oxygen atoms in total. The molecule has 0 aliphatic rings. The molecule has 6 rings (SSSR count). The van der Waals surface area contributed by atoms with Crippen LogP contribution in [0.4, 0.5) is 14.5 Å². The largest absolute Gasteiger partial charge is 0.321 e. The molecule has 0 aliphatic carbocycles. The number of nitrogens with zero attached hydrogens (tertiary/aromatic N) is 7. The average molecular weight is 543 g/mol. The molecule has 0 unspecified atom stereocenters. The van der Waals surface area contributed by atoms with E-state index in [1.807, 2.05) is 30.3 Å². The van der Waals surface area contributed by atoms with E-state index in [9.17, 15) is 13.6 Å². The lowest BCUT2D eigenvalue weighted by atomic mass is 10.1. The second-order valence-corrected chi connectivity index (χ2v) is 8.96. The van der Waals surface area contributed by atoms with Crippen molar-refractivity contribution in [1.82, 2.24) is 35.0 Å². The van der Waals surface area contributed by atoms with Crippen molar-refractivity contribution < 1.29 is 13.6 Å². The third kappa shape index (κ3) is 4.38. The van der Waals surface area contributed by atoms with E-state index in [4.69, 9.17) is 11.6 Å². The third-order valence-corrected chi connectivity index (χ3v) is 6.41. The molecular formula is C27H17ClF2N8O. The Morgan fingerprint density at radius 1 is 0.949 bits per heavy atom. The van der Waals surface area contributed by atoms with Gasteiger partial charge in [0.25, 0.3) is 5.91 Å². The fourth-order valence-corrected chi connectivity index (χ4v) is 4.36. The zero-order chi connectivity index (χ0) is 27.1. The van der Waals surface area contributed by atoms with Crippen molar-refractivity contribution >= 4 is 34.1 Å². The maximum Gasteiger partial charge on any atom is 0.278 e. The Hall–Kier alpha value is -5.03. The van der Waals surface area contributed by atoms with Crippen molar-refractivity contribution in [2.75, 3.05) is 5.32 Å². The number of rotatable bonds is 5. The van der Waals surface area contributed by atoms with Gasteiger partial charge in [0.05, 0.1) is 28.1 Å². The number of amides is 1. The number of benzene rings is 3. The van der Waals surface area contributed by atoms with Gasteiger partial charge in [-0.1, -0.05) is 46.3 Å². The number of pyridine rings is 1. The van der Waals surface area contributed by atoms with E-state index < -0.39 is 17.5 Å². The fourth-order valence-electron chi connectivity index (χ4n) is 4.19. The number of fused-ring (bicyclic) bond motifs is 1. The van der Waals surface area contributed by atoms with Crippen LogP contribution in [-0.2, 0) is 0 Å². The molecular weight excluding hydrogens is 526 g/mol. The number of nitrogens with one attached hydrogen (secondary N) is 1. The summed E-state index contributed by atoms with van der Waals surface area (Å²) in [5.41, 5.74) is 2.54. The van der Waals surface area contributed by atoms with Crippen molar-refractivity contribution in [3.8, 4) is 22.6 Å². The average Bonchev–Trinajstić information content (AvgIpc) is 3.58. The van der Waals surface area contributed by atoms with Crippen molar-refractivity contribution in [3.63, 3.8) is 0 Å². The molecule has 12 heteroatoms. The van der Waals surface area contributed by atoms with E-state index in [2.05, 4.69) is 30.9 Å². The molecule has 0 aliphatic heterocycles. The minimum atomic E-state index is -0.681. The van der Waals surface area contributed by atoms with E-state index in [1.54, 1.807) is 23.9 Å². The van der Waals surface area contributed by atoms with E-state index in [0.29, 0.717) is 22.6 Å². The van der Waals surface area contributed by atoms with Gasteiger partial charge in [0, 0.05) is 22.8 Å². The molecule has 192 valence electrons. The Labute approximate surface area is 224 Å². The highest BCUT2D eigenvalue weighted by Crippen LogP contribution is 2.27. The first-order chi connectivity index (χ1) is 18.9. The first kappa shape index (κ1) is 24.3. The summed E-state index contributed by atoms with van der Waals surface area (Å²) >= 11 is 5.85. The molecule has 0 spiro atoms. The summed E-state index contributed by atoms with van der Waals surface area (Å²) in [7, 11) is 0. The summed E-state index contributed by atoms with van der Waals surface area (Å²) in [6.07, 6.45) is 3.05. The van der Waals surface area contributed by atoms with Crippen LogP contribution in [-0.4, -0.2) is 40.9 Å². The number of para-hydroxylation sites is 1. The maximum absolute atomic E-state index is 14.7. The molecule has 0 saturated carbocycles. The van der Waals surface area contributed by atoms with Crippen molar-refractivity contribution in [2.45, 2.75) is 6.92 Å². The minimum Gasteiger partial charge on any atom is -0.321 e. The highest BCUT2D eigenvalue weighted by molar-refractivity contribution is 6.30. The van der Waals surface area contributed by atoms with Crippen LogP contribution in [0.25, 0.3) is 33.5 Å². The topological polar surface area (TPSA) is 103 Å². The number of carbonyl (C=O) groups excluding carboxylic acids is 1. The zero-order valence-electron chi connectivity index (χ0n) is 20.2. The number of hydrogen-bond acceptors (Lipinski definition) is 6. The van der Waals surface area contributed by atoms with Crippen LogP contribution >= 0.6 is 11.6 Å². The van der Waals surface area contributed by atoms with Crippen molar-refractivity contribution in [3.05, 3.63) is 107 Å². The lowest BCUT2D eigenvalue weighted by Gasteiger charge is -2.08. The van der Waals surface area contributed by atoms with Crippen LogP contribution in [0.1, 0.15) is 16.2 Å². The molecule has 0 saturated heterocycles. The first-order valence-corrected chi connectivity index (χ1v) is 12.0. The Kier molecular flexibility index (Phi) is 6.04. The zero-order valence-corrected chi connectivity index (χ0v) is 20.9. The van der Waals surface area contributed by atoms with Gasteiger partial charge in [0.1, 0.15) is 17.2 Å². The lowest BCUT2D eigenvalue weighted by molar-refractivity contribution is 0.102. The van der Waals surface area contributed by atoms with E-state index in [1.165, 1.54) is 36.5 Å². The SMILES string of the molecule is Cc1c(C(=O)Nc2ccc(F)c(-c3cn(-c4cccc(Cl)c4F)nn3)c2)nnn1-c1cccc2cccnc12. The van der Waals surface area contributed by atoms with E-state index in [-0.39, 0.29) is 27.7 Å². The molecule has 0 radical (unpaired) electrons. The van der Waals surface area contributed by atoms with E-state index >= 15 is 0 Å². The number of hydrogen-bond donors (Lipinski definition) is 1. The Balaban J connectivity index is 1.28. The quantitative estimate of drug-likeness (QED) is 0.306. The molecule has 0 fully saturated rings. The monoisotopic (exact) mass is 542 g/mol. The Morgan fingerprint density at radius 3 is 2.62 bits per heavy atom. The highest BCUT2D eigenvalue weighted by atomic mass is 35.5. The number of aromatic nitrogens is 7. The van der Waals surface area contributed by atoms with Gasteiger partial charge in [-0.15, -0.1) is 10.2 Å². The predicted octanol–water partition coefficient (Wildman–Crippen LogP) is 5.56. The van der Waals surface area contributed by atoms with Crippen LogP contribution in [0.15, 0.2) is 79.1 Å². The van der Waals surface area contributed by atoms with Crippen LogP contribution in [0, 0.1) is 18.6 Å². The van der Waals surface area contributed by atoms with Gasteiger partial charge in [0.2, 0.25) is 0 Å². The second kappa shape index (κ2) is 9.69. The summed E-state index contributed by atoms with van der Waals surface area (Å²) in [6.45, 7) is 1.72. The normalized spacial score (nSPS) is 11.2. The summed E-state index contributed by atoms with van der Waals surface area (Å²) in [4.78, 5) is 17.5. The van der Waals surface area contributed by atoms with Crippen LogP contribution in [0.3, 0.4) is 0 Å².